The molecule has 2 heteroatoms. The molecule has 0 spiro atoms. The van der Waals surface area contributed by atoms with Gasteiger partial charge in [0.2, 0.25) is 0 Å². The van der Waals surface area contributed by atoms with E-state index in [1.807, 2.05) is 43.5 Å². The molecule has 1 heterocycles. The summed E-state index contributed by atoms with van der Waals surface area (Å²) in [6, 6.07) is 0. The average Bonchev–Trinajstić information content (AvgIpc) is 1.88. The van der Waals surface area contributed by atoms with E-state index >= 15 is 0 Å². The van der Waals surface area contributed by atoms with Crippen LogP contribution in [0, 0.1) is 0 Å². The van der Waals surface area contributed by atoms with Crippen LogP contribution in [0.15, 0.2) is 36.3 Å². The Labute approximate surface area is 61.5 Å². The van der Waals surface area contributed by atoms with Crippen LogP contribution in [0.1, 0.15) is 0 Å². The van der Waals surface area contributed by atoms with E-state index in [1.165, 1.54) is 5.57 Å². The van der Waals surface area contributed by atoms with Gasteiger partial charge in [0.1, 0.15) is 0 Å². The van der Waals surface area contributed by atoms with Gasteiger partial charge in [-0.3, -0.25) is 0 Å². The third-order valence-corrected chi connectivity index (χ3v) is 1.15. The Morgan fingerprint density at radius 2 is 1.90 bits per heavy atom. The van der Waals surface area contributed by atoms with Gasteiger partial charge < -0.3 is 10.2 Å². The van der Waals surface area contributed by atoms with Crippen LogP contribution in [0.3, 0.4) is 0 Å². The number of dihydropyridines is 1. The summed E-state index contributed by atoms with van der Waals surface area (Å²) in [5.41, 5.74) is 1.21. The van der Waals surface area contributed by atoms with Gasteiger partial charge in [-0.15, -0.1) is 0 Å². The quantitative estimate of drug-likeness (QED) is 0.580. The van der Waals surface area contributed by atoms with Gasteiger partial charge in [-0.1, -0.05) is 0 Å². The molecule has 0 amide bonds. The second-order valence-corrected chi connectivity index (χ2v) is 2.43. The predicted octanol–water partition coefficient (Wildman–Crippen LogP) is 1.06. The fourth-order valence-corrected chi connectivity index (χ4v) is 0.784. The highest BCUT2D eigenvalue weighted by atomic mass is 15.0. The van der Waals surface area contributed by atoms with Gasteiger partial charge in [-0.05, 0) is 17.7 Å². The first-order valence-electron chi connectivity index (χ1n) is 3.26. The SMILES string of the molecule is CN(C)C=C1C=CNC=C1. The van der Waals surface area contributed by atoms with Gasteiger partial charge in [0.05, 0.1) is 0 Å². The van der Waals surface area contributed by atoms with E-state index in [-0.39, 0.29) is 0 Å². The van der Waals surface area contributed by atoms with Crippen molar-refractivity contribution in [1.82, 2.24) is 10.2 Å². The lowest BCUT2D eigenvalue weighted by Gasteiger charge is -2.07. The topological polar surface area (TPSA) is 15.3 Å². The Morgan fingerprint density at radius 3 is 2.40 bits per heavy atom. The van der Waals surface area contributed by atoms with Crippen molar-refractivity contribution in [3.63, 3.8) is 0 Å². The molecule has 0 saturated heterocycles. The molecule has 0 bridgehead atoms. The van der Waals surface area contributed by atoms with Gasteiger partial charge >= 0.3 is 0 Å². The molecular formula is C8H12N2. The first-order valence-corrected chi connectivity index (χ1v) is 3.26. The minimum absolute atomic E-state index is 1.21. The number of allylic oxidation sites excluding steroid dienone is 3. The van der Waals surface area contributed by atoms with E-state index in [2.05, 4.69) is 11.5 Å². The summed E-state index contributed by atoms with van der Waals surface area (Å²) in [5, 5.41) is 2.97. The summed E-state index contributed by atoms with van der Waals surface area (Å²) in [4.78, 5) is 2.02. The summed E-state index contributed by atoms with van der Waals surface area (Å²) >= 11 is 0. The Morgan fingerprint density at radius 1 is 1.30 bits per heavy atom. The molecule has 1 aliphatic heterocycles. The minimum atomic E-state index is 1.21. The fourth-order valence-electron chi connectivity index (χ4n) is 0.784. The van der Waals surface area contributed by atoms with E-state index in [4.69, 9.17) is 0 Å². The number of hydrogen-bond acceptors (Lipinski definition) is 2. The van der Waals surface area contributed by atoms with Crippen molar-refractivity contribution in [1.29, 1.82) is 0 Å². The lowest BCUT2D eigenvalue weighted by Crippen LogP contribution is -2.04. The first kappa shape index (κ1) is 6.93. The summed E-state index contributed by atoms with van der Waals surface area (Å²) in [6.07, 6.45) is 9.94. The highest BCUT2D eigenvalue weighted by Gasteiger charge is 1.89. The molecular weight excluding hydrogens is 124 g/mol. The third-order valence-electron chi connectivity index (χ3n) is 1.15. The van der Waals surface area contributed by atoms with Crippen molar-refractivity contribution in [2.24, 2.45) is 0 Å². The summed E-state index contributed by atoms with van der Waals surface area (Å²) < 4.78 is 0. The maximum absolute atomic E-state index is 2.97. The van der Waals surface area contributed by atoms with Gasteiger partial charge in [0.15, 0.2) is 0 Å². The molecule has 0 aromatic carbocycles. The molecule has 0 saturated carbocycles. The number of hydrogen-bond donors (Lipinski definition) is 1. The Kier molecular flexibility index (Phi) is 2.15. The zero-order chi connectivity index (χ0) is 7.40. The van der Waals surface area contributed by atoms with E-state index < -0.39 is 0 Å². The molecule has 0 unspecified atom stereocenters. The summed E-state index contributed by atoms with van der Waals surface area (Å²) in [5.74, 6) is 0. The molecule has 1 aliphatic rings. The molecule has 1 rings (SSSR count). The Hall–Kier alpha value is -1.18. The van der Waals surface area contributed by atoms with Crippen molar-refractivity contribution in [2.75, 3.05) is 14.1 Å². The van der Waals surface area contributed by atoms with E-state index in [9.17, 15) is 0 Å². The molecule has 54 valence electrons. The molecule has 0 atom stereocenters. The predicted molar refractivity (Wildman–Crippen MR) is 43.2 cm³/mol. The normalized spacial score (nSPS) is 14.8. The molecule has 0 radical (unpaired) electrons. The van der Waals surface area contributed by atoms with Crippen LogP contribution >= 0.6 is 0 Å². The third kappa shape index (κ3) is 1.97. The van der Waals surface area contributed by atoms with Crippen molar-refractivity contribution in [2.45, 2.75) is 0 Å². The second-order valence-electron chi connectivity index (χ2n) is 2.43. The maximum Gasteiger partial charge on any atom is 0.00597 e. The zero-order valence-electron chi connectivity index (χ0n) is 6.33. The van der Waals surface area contributed by atoms with Gasteiger partial charge in [-0.2, -0.15) is 0 Å². The molecule has 0 aliphatic carbocycles. The summed E-state index contributed by atoms with van der Waals surface area (Å²) in [7, 11) is 4.02. The molecule has 0 fully saturated rings. The van der Waals surface area contributed by atoms with Crippen LogP contribution in [0.25, 0.3) is 0 Å². The Balaban J connectivity index is 2.62. The highest BCUT2D eigenvalue weighted by molar-refractivity contribution is 5.32. The smallest absolute Gasteiger partial charge is 0.00597 e. The van der Waals surface area contributed by atoms with Crippen LogP contribution in [-0.4, -0.2) is 19.0 Å². The first-order chi connectivity index (χ1) is 4.79. The monoisotopic (exact) mass is 136 g/mol. The molecule has 0 aromatic heterocycles. The molecule has 2 nitrogen and oxygen atoms in total. The minimum Gasteiger partial charge on any atom is -0.383 e. The number of nitrogens with one attached hydrogen (secondary N) is 1. The lowest BCUT2D eigenvalue weighted by molar-refractivity contribution is 0.561. The van der Waals surface area contributed by atoms with Crippen LogP contribution in [0.5, 0.6) is 0 Å². The van der Waals surface area contributed by atoms with Crippen molar-refractivity contribution in [3.05, 3.63) is 36.3 Å². The Bertz CT molecular complexity index is 173. The molecule has 10 heavy (non-hydrogen) atoms. The number of rotatable bonds is 1. The maximum atomic E-state index is 2.97. The van der Waals surface area contributed by atoms with E-state index in [1.54, 1.807) is 0 Å². The van der Waals surface area contributed by atoms with Crippen LogP contribution in [0.2, 0.25) is 0 Å². The summed E-state index contributed by atoms with van der Waals surface area (Å²) in [6.45, 7) is 0. The number of nitrogens with zero attached hydrogens (tertiary/aromatic N) is 1. The van der Waals surface area contributed by atoms with Crippen LogP contribution < -0.4 is 5.32 Å². The van der Waals surface area contributed by atoms with Crippen LogP contribution in [0.4, 0.5) is 0 Å². The van der Waals surface area contributed by atoms with Crippen molar-refractivity contribution in [3.8, 4) is 0 Å². The van der Waals surface area contributed by atoms with E-state index in [0.717, 1.165) is 0 Å². The fraction of sp³-hybridized carbons (Fsp3) is 0.250. The van der Waals surface area contributed by atoms with Gasteiger partial charge in [-0.25, -0.2) is 0 Å². The lowest BCUT2D eigenvalue weighted by atomic mass is 10.2. The van der Waals surface area contributed by atoms with Crippen LogP contribution in [-0.2, 0) is 0 Å². The largest absolute Gasteiger partial charge is 0.383 e. The van der Waals surface area contributed by atoms with E-state index in [0.29, 0.717) is 0 Å². The van der Waals surface area contributed by atoms with Crippen molar-refractivity contribution < 1.29 is 0 Å². The highest BCUT2D eigenvalue weighted by Crippen LogP contribution is 2.01. The molecule has 0 aromatic rings. The van der Waals surface area contributed by atoms with Gasteiger partial charge in [0, 0.05) is 32.7 Å². The standard InChI is InChI=1S/C8H12N2/c1-10(2)7-8-3-5-9-6-4-8/h3-7,9H,1-2H3. The molecule has 1 N–H and O–H groups in total. The zero-order valence-corrected chi connectivity index (χ0v) is 6.33. The van der Waals surface area contributed by atoms with Crippen molar-refractivity contribution >= 4 is 0 Å². The van der Waals surface area contributed by atoms with Gasteiger partial charge in [0.25, 0.3) is 0 Å². The second kappa shape index (κ2) is 3.11. The average molecular weight is 136 g/mol.